The standard InChI is InChI=1S/C31H32O7S/c1-18(2)39-30-26(32)28(27-25(36-30)17-34-29(37-27)19-10-4-3-5-11-19)38-31(33)35-16-24-22-14-8-6-12-20(22)21-13-7-9-15-23(21)24/h3-15,18,24-30,32H,16-17H2,1-2H3/t25-,26-,27+,28-,29?,30+/m1/s1. The molecule has 0 amide bonds. The molecular weight excluding hydrogens is 516 g/mol. The van der Waals surface area contributed by atoms with Crippen LogP contribution in [0.2, 0.25) is 0 Å². The highest BCUT2D eigenvalue weighted by Gasteiger charge is 2.52. The third kappa shape index (κ3) is 5.32. The number of carbonyl (C=O) groups is 1. The molecule has 3 aromatic carbocycles. The Hall–Kier alpha value is -2.88. The van der Waals surface area contributed by atoms with Gasteiger partial charge in [-0.2, -0.15) is 0 Å². The Balaban J connectivity index is 1.18. The highest BCUT2D eigenvalue weighted by atomic mass is 32.2. The molecule has 0 saturated carbocycles. The molecule has 204 valence electrons. The van der Waals surface area contributed by atoms with Crippen LogP contribution in [0.1, 0.15) is 42.7 Å². The number of benzene rings is 3. The van der Waals surface area contributed by atoms with Gasteiger partial charge in [0.15, 0.2) is 12.4 Å². The van der Waals surface area contributed by atoms with Gasteiger partial charge in [0, 0.05) is 16.7 Å². The van der Waals surface area contributed by atoms with Crippen LogP contribution in [0.4, 0.5) is 4.79 Å². The van der Waals surface area contributed by atoms with Crippen LogP contribution in [0.15, 0.2) is 78.9 Å². The van der Waals surface area contributed by atoms with E-state index in [2.05, 4.69) is 24.3 Å². The van der Waals surface area contributed by atoms with Gasteiger partial charge in [0.2, 0.25) is 0 Å². The number of rotatable bonds is 6. The molecule has 1 aliphatic carbocycles. The summed E-state index contributed by atoms with van der Waals surface area (Å²) in [5.41, 5.74) is 4.76. The summed E-state index contributed by atoms with van der Waals surface area (Å²) in [6.45, 7) is 4.42. The van der Waals surface area contributed by atoms with Crippen molar-refractivity contribution >= 4 is 17.9 Å². The first-order chi connectivity index (χ1) is 19.0. The lowest BCUT2D eigenvalue weighted by Crippen LogP contribution is -2.62. The van der Waals surface area contributed by atoms with Crippen LogP contribution in [-0.4, -0.2) is 59.6 Å². The molecular formula is C31H32O7S. The summed E-state index contributed by atoms with van der Waals surface area (Å²) < 4.78 is 29.9. The zero-order valence-electron chi connectivity index (χ0n) is 21.8. The molecule has 6 rings (SSSR count). The van der Waals surface area contributed by atoms with Crippen molar-refractivity contribution < 1.29 is 33.6 Å². The second kappa shape index (κ2) is 11.3. The van der Waals surface area contributed by atoms with Gasteiger partial charge in [0.05, 0.1) is 6.61 Å². The predicted octanol–water partition coefficient (Wildman–Crippen LogP) is 5.66. The number of aliphatic hydroxyl groups is 1. The highest BCUT2D eigenvalue weighted by Crippen LogP contribution is 2.45. The van der Waals surface area contributed by atoms with Crippen molar-refractivity contribution in [1.82, 2.24) is 0 Å². The molecule has 2 saturated heterocycles. The lowest BCUT2D eigenvalue weighted by atomic mass is 9.98. The normalized spacial score (nSPS) is 27.9. The molecule has 0 bridgehead atoms. The van der Waals surface area contributed by atoms with E-state index in [1.54, 1.807) is 0 Å². The van der Waals surface area contributed by atoms with Gasteiger partial charge in [-0.25, -0.2) is 4.79 Å². The Bertz CT molecular complexity index is 1250. The van der Waals surface area contributed by atoms with Crippen LogP contribution in [0.3, 0.4) is 0 Å². The van der Waals surface area contributed by atoms with Crippen molar-refractivity contribution in [3.8, 4) is 11.1 Å². The maximum atomic E-state index is 13.1. The molecule has 6 atom stereocenters. The lowest BCUT2D eigenvalue weighted by molar-refractivity contribution is -0.319. The fourth-order valence-corrected chi connectivity index (χ4v) is 6.65. The maximum absolute atomic E-state index is 13.1. The second-order valence-electron chi connectivity index (χ2n) is 10.3. The summed E-state index contributed by atoms with van der Waals surface area (Å²) in [5, 5.41) is 11.5. The quantitative estimate of drug-likeness (QED) is 0.395. The molecule has 2 heterocycles. The molecule has 8 heteroatoms. The Morgan fingerprint density at radius 3 is 2.26 bits per heavy atom. The van der Waals surface area contributed by atoms with Crippen LogP contribution in [-0.2, 0) is 23.7 Å². The fourth-order valence-electron chi connectivity index (χ4n) is 5.59. The van der Waals surface area contributed by atoms with E-state index >= 15 is 0 Å². The summed E-state index contributed by atoms with van der Waals surface area (Å²) in [6.07, 6.45) is -4.81. The molecule has 0 radical (unpaired) electrons. The van der Waals surface area contributed by atoms with Gasteiger partial charge in [-0.15, -0.1) is 11.8 Å². The van der Waals surface area contributed by atoms with E-state index < -0.39 is 42.3 Å². The summed E-state index contributed by atoms with van der Waals surface area (Å²) in [6, 6.07) is 25.8. The minimum Gasteiger partial charge on any atom is -0.433 e. The molecule has 2 fully saturated rings. The molecule has 3 aliphatic rings. The van der Waals surface area contributed by atoms with Gasteiger partial charge in [-0.3, -0.25) is 0 Å². The fraction of sp³-hybridized carbons (Fsp3) is 0.387. The molecule has 7 nitrogen and oxygen atoms in total. The Kier molecular flexibility index (Phi) is 7.64. The SMILES string of the molecule is CC(C)S[C@@H]1O[C@@H]2COC(c3ccccc3)O[C@@H]2[C@H](OC(=O)OCC2c3ccccc3-c3ccccc32)[C@H]1O. The van der Waals surface area contributed by atoms with Crippen LogP contribution in [0, 0.1) is 0 Å². The molecule has 0 aromatic heterocycles. The number of hydrogen-bond acceptors (Lipinski definition) is 8. The Labute approximate surface area is 232 Å². The van der Waals surface area contributed by atoms with Gasteiger partial charge < -0.3 is 28.8 Å². The van der Waals surface area contributed by atoms with E-state index in [-0.39, 0.29) is 24.4 Å². The Morgan fingerprint density at radius 1 is 0.949 bits per heavy atom. The maximum Gasteiger partial charge on any atom is 0.508 e. The number of aliphatic hydroxyl groups excluding tert-OH is 1. The smallest absolute Gasteiger partial charge is 0.433 e. The zero-order valence-corrected chi connectivity index (χ0v) is 22.7. The first-order valence-electron chi connectivity index (χ1n) is 13.3. The summed E-state index contributed by atoms with van der Waals surface area (Å²) in [4.78, 5) is 13.1. The molecule has 0 spiro atoms. The van der Waals surface area contributed by atoms with E-state index in [4.69, 9.17) is 23.7 Å². The van der Waals surface area contributed by atoms with Crippen molar-refractivity contribution in [3.63, 3.8) is 0 Å². The summed E-state index contributed by atoms with van der Waals surface area (Å²) in [7, 11) is 0. The third-order valence-electron chi connectivity index (χ3n) is 7.35. The molecule has 3 aromatic rings. The van der Waals surface area contributed by atoms with Crippen molar-refractivity contribution in [2.24, 2.45) is 0 Å². The summed E-state index contributed by atoms with van der Waals surface area (Å²) in [5.74, 6) is -0.0941. The topological polar surface area (TPSA) is 83.5 Å². The first kappa shape index (κ1) is 26.3. The largest absolute Gasteiger partial charge is 0.508 e. The predicted molar refractivity (Wildman–Crippen MR) is 147 cm³/mol. The summed E-state index contributed by atoms with van der Waals surface area (Å²) >= 11 is 1.47. The second-order valence-corrected chi connectivity index (χ2v) is 11.9. The molecule has 1 N–H and O–H groups in total. The van der Waals surface area contributed by atoms with Gasteiger partial charge in [0.1, 0.15) is 30.4 Å². The van der Waals surface area contributed by atoms with Gasteiger partial charge >= 0.3 is 6.16 Å². The van der Waals surface area contributed by atoms with E-state index in [9.17, 15) is 9.90 Å². The Morgan fingerprint density at radius 2 is 1.59 bits per heavy atom. The highest BCUT2D eigenvalue weighted by molar-refractivity contribution is 8.00. The van der Waals surface area contributed by atoms with Gasteiger partial charge in [-0.05, 0) is 22.3 Å². The minimum absolute atomic E-state index is 0.0941. The van der Waals surface area contributed by atoms with Crippen molar-refractivity contribution in [3.05, 3.63) is 95.6 Å². The average Bonchev–Trinajstić information content (AvgIpc) is 3.28. The monoisotopic (exact) mass is 548 g/mol. The van der Waals surface area contributed by atoms with E-state index in [1.807, 2.05) is 68.4 Å². The number of thioether (sulfide) groups is 1. The first-order valence-corrected chi connectivity index (χ1v) is 14.3. The number of hydrogen-bond donors (Lipinski definition) is 1. The minimum atomic E-state index is -1.10. The number of ether oxygens (including phenoxy) is 5. The molecule has 39 heavy (non-hydrogen) atoms. The van der Waals surface area contributed by atoms with Crippen LogP contribution >= 0.6 is 11.8 Å². The van der Waals surface area contributed by atoms with Crippen molar-refractivity contribution in [2.45, 2.75) is 61.2 Å². The third-order valence-corrected chi connectivity index (χ3v) is 8.55. The van der Waals surface area contributed by atoms with Crippen molar-refractivity contribution in [1.29, 1.82) is 0 Å². The van der Waals surface area contributed by atoms with E-state index in [0.29, 0.717) is 0 Å². The van der Waals surface area contributed by atoms with E-state index in [0.717, 1.165) is 27.8 Å². The molecule has 1 unspecified atom stereocenters. The lowest BCUT2D eigenvalue weighted by Gasteiger charge is -2.47. The van der Waals surface area contributed by atoms with Crippen LogP contribution < -0.4 is 0 Å². The van der Waals surface area contributed by atoms with Crippen LogP contribution in [0.25, 0.3) is 11.1 Å². The van der Waals surface area contributed by atoms with E-state index in [1.165, 1.54) is 11.8 Å². The van der Waals surface area contributed by atoms with Crippen LogP contribution in [0.5, 0.6) is 0 Å². The zero-order chi connectivity index (χ0) is 26.9. The van der Waals surface area contributed by atoms with Gasteiger partial charge in [0.25, 0.3) is 0 Å². The molecule has 2 aliphatic heterocycles. The number of carbonyl (C=O) groups excluding carboxylic acids is 1. The van der Waals surface area contributed by atoms with Crippen molar-refractivity contribution in [2.75, 3.05) is 13.2 Å². The average molecular weight is 549 g/mol. The number of fused-ring (bicyclic) bond motifs is 4. The van der Waals surface area contributed by atoms with Gasteiger partial charge in [-0.1, -0.05) is 92.7 Å².